The van der Waals surface area contributed by atoms with Gasteiger partial charge in [0.05, 0.1) is 6.61 Å². The number of carbonyl (C=O) groups is 1. The van der Waals surface area contributed by atoms with E-state index >= 15 is 0 Å². The first kappa shape index (κ1) is 14.9. The van der Waals surface area contributed by atoms with Crippen molar-refractivity contribution >= 4 is 5.91 Å². The van der Waals surface area contributed by atoms with Gasteiger partial charge in [-0.1, -0.05) is 25.1 Å². The van der Waals surface area contributed by atoms with E-state index in [0.29, 0.717) is 19.6 Å². The zero-order valence-electron chi connectivity index (χ0n) is 12.2. The van der Waals surface area contributed by atoms with Crippen LogP contribution in [-0.2, 0) is 4.79 Å². The van der Waals surface area contributed by atoms with Crippen molar-refractivity contribution in [2.24, 2.45) is 11.1 Å². The van der Waals surface area contributed by atoms with Gasteiger partial charge in [0.1, 0.15) is 5.75 Å². The molecule has 1 unspecified atom stereocenters. The molecule has 1 amide bonds. The highest BCUT2D eigenvalue weighted by Crippen LogP contribution is 2.28. The lowest BCUT2D eigenvalue weighted by Gasteiger charge is -2.22. The van der Waals surface area contributed by atoms with Gasteiger partial charge in [0, 0.05) is 19.5 Å². The average molecular weight is 276 g/mol. The number of carbonyl (C=O) groups excluding carboxylic acids is 1. The van der Waals surface area contributed by atoms with Crippen LogP contribution in [0.15, 0.2) is 30.3 Å². The molecule has 0 radical (unpaired) electrons. The molecule has 2 rings (SSSR count). The molecule has 0 spiro atoms. The van der Waals surface area contributed by atoms with Crippen LogP contribution in [0.25, 0.3) is 0 Å². The molecule has 0 aromatic heterocycles. The van der Waals surface area contributed by atoms with Crippen molar-refractivity contribution in [3.8, 4) is 5.75 Å². The monoisotopic (exact) mass is 276 g/mol. The summed E-state index contributed by atoms with van der Waals surface area (Å²) in [4.78, 5) is 14.0. The minimum absolute atomic E-state index is 0.107. The van der Waals surface area contributed by atoms with Crippen molar-refractivity contribution < 1.29 is 9.53 Å². The Labute approximate surface area is 120 Å². The van der Waals surface area contributed by atoms with Gasteiger partial charge < -0.3 is 15.4 Å². The van der Waals surface area contributed by atoms with E-state index in [-0.39, 0.29) is 11.3 Å². The molecule has 2 N–H and O–H groups in total. The maximum absolute atomic E-state index is 12.1. The maximum atomic E-state index is 12.1. The number of hydrogen-bond donors (Lipinski definition) is 1. The highest BCUT2D eigenvalue weighted by molar-refractivity contribution is 5.76. The van der Waals surface area contributed by atoms with Crippen LogP contribution in [0.4, 0.5) is 0 Å². The summed E-state index contributed by atoms with van der Waals surface area (Å²) in [6, 6.07) is 9.69. The summed E-state index contributed by atoms with van der Waals surface area (Å²) in [5.74, 6) is 1.08. The summed E-state index contributed by atoms with van der Waals surface area (Å²) >= 11 is 0. The number of ether oxygens (including phenoxy) is 1. The Kier molecular flexibility index (Phi) is 5.01. The van der Waals surface area contributed by atoms with Gasteiger partial charge in [-0.2, -0.15) is 0 Å². The fourth-order valence-corrected chi connectivity index (χ4v) is 2.49. The van der Waals surface area contributed by atoms with E-state index in [2.05, 4.69) is 6.92 Å². The molecule has 1 aromatic carbocycles. The van der Waals surface area contributed by atoms with Crippen LogP contribution in [0.1, 0.15) is 26.2 Å². The second-order valence-electron chi connectivity index (χ2n) is 5.85. The fraction of sp³-hybridized carbons (Fsp3) is 0.562. The first-order valence-corrected chi connectivity index (χ1v) is 7.29. The van der Waals surface area contributed by atoms with Crippen LogP contribution in [0.3, 0.4) is 0 Å². The summed E-state index contributed by atoms with van der Waals surface area (Å²) in [5.41, 5.74) is 5.87. The Morgan fingerprint density at radius 3 is 2.80 bits per heavy atom. The van der Waals surface area contributed by atoms with Crippen LogP contribution < -0.4 is 10.5 Å². The molecule has 1 aromatic rings. The van der Waals surface area contributed by atoms with E-state index in [1.165, 1.54) is 0 Å². The molecule has 4 nitrogen and oxygen atoms in total. The van der Waals surface area contributed by atoms with Crippen LogP contribution in [0, 0.1) is 5.41 Å². The number of likely N-dealkylation sites (tertiary alicyclic amines) is 1. The van der Waals surface area contributed by atoms with Gasteiger partial charge in [-0.3, -0.25) is 4.79 Å². The smallest absolute Gasteiger partial charge is 0.222 e. The molecule has 20 heavy (non-hydrogen) atoms. The van der Waals surface area contributed by atoms with Gasteiger partial charge in [0.2, 0.25) is 5.91 Å². The Balaban J connectivity index is 1.66. The molecule has 0 bridgehead atoms. The van der Waals surface area contributed by atoms with Crippen molar-refractivity contribution in [3.05, 3.63) is 30.3 Å². The highest BCUT2D eigenvalue weighted by atomic mass is 16.5. The first-order chi connectivity index (χ1) is 9.63. The van der Waals surface area contributed by atoms with E-state index in [4.69, 9.17) is 10.5 Å². The first-order valence-electron chi connectivity index (χ1n) is 7.29. The molecule has 0 aliphatic carbocycles. The van der Waals surface area contributed by atoms with E-state index in [9.17, 15) is 4.79 Å². The molecule has 1 heterocycles. The molecule has 1 saturated heterocycles. The topological polar surface area (TPSA) is 55.6 Å². The van der Waals surface area contributed by atoms with E-state index in [0.717, 1.165) is 31.7 Å². The lowest BCUT2D eigenvalue weighted by Crippen LogP contribution is -2.34. The third kappa shape index (κ3) is 3.97. The van der Waals surface area contributed by atoms with Crippen molar-refractivity contribution in [1.82, 2.24) is 4.90 Å². The largest absolute Gasteiger partial charge is 0.494 e. The van der Waals surface area contributed by atoms with Crippen molar-refractivity contribution in [2.45, 2.75) is 26.2 Å². The van der Waals surface area contributed by atoms with Gasteiger partial charge in [0.15, 0.2) is 0 Å². The van der Waals surface area contributed by atoms with Crippen molar-refractivity contribution in [3.63, 3.8) is 0 Å². The SMILES string of the molecule is CC1(CN)CCN(C(=O)CCCOc2ccccc2)C1. The third-order valence-electron chi connectivity index (χ3n) is 3.95. The molecular weight excluding hydrogens is 252 g/mol. The molecule has 0 saturated carbocycles. The second-order valence-corrected chi connectivity index (χ2v) is 5.85. The average Bonchev–Trinajstić information content (AvgIpc) is 2.88. The van der Waals surface area contributed by atoms with Crippen LogP contribution in [0.5, 0.6) is 5.75 Å². The molecule has 1 aliphatic rings. The van der Waals surface area contributed by atoms with Crippen molar-refractivity contribution in [1.29, 1.82) is 0 Å². The number of rotatable bonds is 6. The standard InChI is InChI=1S/C16H24N2O2/c1-16(12-17)9-10-18(13-16)15(19)8-5-11-20-14-6-3-2-4-7-14/h2-4,6-7H,5,8-13,17H2,1H3. The Morgan fingerprint density at radius 1 is 1.40 bits per heavy atom. The predicted octanol–water partition coefficient (Wildman–Crippen LogP) is 2.04. The van der Waals surface area contributed by atoms with Crippen LogP contribution in [0.2, 0.25) is 0 Å². The summed E-state index contributed by atoms with van der Waals surface area (Å²) < 4.78 is 5.59. The minimum atomic E-state index is 0.107. The summed E-state index contributed by atoms with van der Waals surface area (Å²) in [5, 5.41) is 0. The minimum Gasteiger partial charge on any atom is -0.494 e. The van der Waals surface area contributed by atoms with Crippen LogP contribution >= 0.6 is 0 Å². The van der Waals surface area contributed by atoms with Gasteiger partial charge in [-0.25, -0.2) is 0 Å². The predicted molar refractivity (Wildman–Crippen MR) is 79.5 cm³/mol. The van der Waals surface area contributed by atoms with Gasteiger partial charge in [-0.15, -0.1) is 0 Å². The number of hydrogen-bond acceptors (Lipinski definition) is 3. The quantitative estimate of drug-likeness (QED) is 0.809. The molecule has 1 aliphatic heterocycles. The van der Waals surface area contributed by atoms with Crippen molar-refractivity contribution in [2.75, 3.05) is 26.2 Å². The van der Waals surface area contributed by atoms with Crippen LogP contribution in [-0.4, -0.2) is 37.0 Å². The summed E-state index contributed by atoms with van der Waals surface area (Å²) in [6.07, 6.45) is 2.31. The molecular formula is C16H24N2O2. The molecule has 110 valence electrons. The lowest BCUT2D eigenvalue weighted by molar-refractivity contribution is -0.130. The molecule has 1 fully saturated rings. The fourth-order valence-electron chi connectivity index (χ4n) is 2.49. The molecule has 4 heteroatoms. The Morgan fingerprint density at radius 2 is 2.15 bits per heavy atom. The zero-order valence-corrected chi connectivity index (χ0v) is 12.2. The normalized spacial score (nSPS) is 22.0. The number of amides is 1. The number of nitrogens with two attached hydrogens (primary N) is 1. The maximum Gasteiger partial charge on any atom is 0.222 e. The summed E-state index contributed by atoms with van der Waals surface area (Å²) in [7, 11) is 0. The van der Waals surface area contributed by atoms with E-state index in [1.807, 2.05) is 35.2 Å². The Bertz CT molecular complexity index is 435. The van der Waals surface area contributed by atoms with Gasteiger partial charge in [-0.05, 0) is 36.9 Å². The van der Waals surface area contributed by atoms with E-state index < -0.39 is 0 Å². The Hall–Kier alpha value is -1.55. The highest BCUT2D eigenvalue weighted by Gasteiger charge is 2.34. The third-order valence-corrected chi connectivity index (χ3v) is 3.95. The van der Waals surface area contributed by atoms with Gasteiger partial charge >= 0.3 is 0 Å². The lowest BCUT2D eigenvalue weighted by atomic mass is 9.90. The summed E-state index contributed by atoms with van der Waals surface area (Å²) in [6.45, 7) is 5.01. The van der Waals surface area contributed by atoms with E-state index in [1.54, 1.807) is 0 Å². The number of benzene rings is 1. The number of para-hydroxylation sites is 1. The zero-order chi connectivity index (χ0) is 14.4. The number of nitrogens with zero attached hydrogens (tertiary/aromatic N) is 1. The van der Waals surface area contributed by atoms with Gasteiger partial charge in [0.25, 0.3) is 0 Å². The molecule has 1 atom stereocenters. The second kappa shape index (κ2) is 6.75.